The Kier molecular flexibility index (Phi) is 3.81. The topological polar surface area (TPSA) is 29.5 Å². The van der Waals surface area contributed by atoms with Crippen molar-refractivity contribution in [3.8, 4) is 0 Å². The third-order valence-corrected chi connectivity index (χ3v) is 3.03. The summed E-state index contributed by atoms with van der Waals surface area (Å²) in [5, 5.41) is 0. The van der Waals surface area contributed by atoms with E-state index in [0.29, 0.717) is 0 Å². The van der Waals surface area contributed by atoms with Crippen LogP contribution in [0, 0.1) is 0 Å². The van der Waals surface area contributed by atoms with E-state index in [1.807, 2.05) is 42.6 Å². The van der Waals surface area contributed by atoms with Crippen LogP contribution in [0.2, 0.25) is 0 Å². The minimum absolute atomic E-state index is 0.111. The van der Waals surface area contributed by atoms with Crippen molar-refractivity contribution in [3.63, 3.8) is 0 Å². The van der Waals surface area contributed by atoms with Crippen molar-refractivity contribution >= 4 is 12.0 Å². The molecule has 0 aromatic heterocycles. The molecule has 0 N–H and O–H groups in total. The minimum Gasteiger partial charge on any atom is -0.467 e. The van der Waals surface area contributed by atoms with Crippen LogP contribution in [0.25, 0.3) is 6.08 Å². The number of hydrogen-bond donors (Lipinski definition) is 0. The molecule has 90 valence electrons. The van der Waals surface area contributed by atoms with Crippen molar-refractivity contribution in [3.05, 3.63) is 42.1 Å². The van der Waals surface area contributed by atoms with Crippen LogP contribution in [-0.2, 0) is 9.53 Å². The van der Waals surface area contributed by atoms with Gasteiger partial charge in [0.1, 0.15) is 6.04 Å². The van der Waals surface area contributed by atoms with Gasteiger partial charge in [-0.15, -0.1) is 0 Å². The Morgan fingerprint density at radius 1 is 1.41 bits per heavy atom. The van der Waals surface area contributed by atoms with Crippen molar-refractivity contribution in [1.82, 2.24) is 4.90 Å². The van der Waals surface area contributed by atoms with Gasteiger partial charge in [0.05, 0.1) is 7.11 Å². The first kappa shape index (κ1) is 11.7. The molecule has 1 saturated heterocycles. The van der Waals surface area contributed by atoms with E-state index >= 15 is 0 Å². The van der Waals surface area contributed by atoms with Gasteiger partial charge in [0, 0.05) is 12.7 Å². The van der Waals surface area contributed by atoms with E-state index in [2.05, 4.69) is 4.90 Å². The number of ether oxygens (including phenoxy) is 1. The van der Waals surface area contributed by atoms with Gasteiger partial charge in [0.15, 0.2) is 0 Å². The second-order valence-electron chi connectivity index (χ2n) is 4.15. The Labute approximate surface area is 102 Å². The first-order valence-electron chi connectivity index (χ1n) is 5.88. The summed E-state index contributed by atoms with van der Waals surface area (Å²) >= 11 is 0. The van der Waals surface area contributed by atoms with E-state index in [0.717, 1.165) is 24.9 Å². The molecule has 17 heavy (non-hydrogen) atoms. The van der Waals surface area contributed by atoms with Crippen molar-refractivity contribution in [2.75, 3.05) is 13.7 Å². The third-order valence-electron chi connectivity index (χ3n) is 3.03. The Morgan fingerprint density at radius 2 is 2.18 bits per heavy atom. The Bertz CT molecular complexity index is 400. The zero-order chi connectivity index (χ0) is 12.1. The fourth-order valence-corrected chi connectivity index (χ4v) is 2.10. The van der Waals surface area contributed by atoms with E-state index in [9.17, 15) is 4.79 Å². The van der Waals surface area contributed by atoms with Crippen LogP contribution in [0.1, 0.15) is 18.4 Å². The molecule has 0 saturated carbocycles. The lowest BCUT2D eigenvalue weighted by molar-refractivity contribution is -0.144. The van der Waals surface area contributed by atoms with Crippen molar-refractivity contribution in [2.24, 2.45) is 0 Å². The van der Waals surface area contributed by atoms with E-state index < -0.39 is 0 Å². The van der Waals surface area contributed by atoms with Crippen LogP contribution in [0.4, 0.5) is 0 Å². The number of carbonyl (C=O) groups excluding carboxylic acids is 1. The van der Waals surface area contributed by atoms with Crippen LogP contribution >= 0.6 is 0 Å². The molecule has 1 aliphatic rings. The maximum atomic E-state index is 11.5. The lowest BCUT2D eigenvalue weighted by Crippen LogP contribution is -2.32. The standard InChI is InChI=1S/C14H17NO2/c1-17-14(16)13-8-5-10-15(13)11-9-12-6-3-2-4-7-12/h2-4,6-7,9,11,13H,5,8,10H2,1H3/b11-9+. The molecule has 2 rings (SSSR count). The van der Waals surface area contributed by atoms with E-state index in [1.54, 1.807) is 0 Å². The maximum absolute atomic E-state index is 11.5. The highest BCUT2D eigenvalue weighted by Gasteiger charge is 2.28. The van der Waals surface area contributed by atoms with Crippen LogP contribution in [0.5, 0.6) is 0 Å². The lowest BCUT2D eigenvalue weighted by atomic mass is 10.2. The fraction of sp³-hybridized carbons (Fsp3) is 0.357. The number of nitrogens with zero attached hydrogens (tertiary/aromatic N) is 1. The van der Waals surface area contributed by atoms with E-state index in [4.69, 9.17) is 4.74 Å². The zero-order valence-corrected chi connectivity index (χ0v) is 10.0. The van der Waals surface area contributed by atoms with Crippen LogP contribution in [0.3, 0.4) is 0 Å². The monoisotopic (exact) mass is 231 g/mol. The average Bonchev–Trinajstić information content (AvgIpc) is 2.85. The number of methoxy groups -OCH3 is 1. The zero-order valence-electron chi connectivity index (χ0n) is 10.0. The number of likely N-dealkylation sites (tertiary alicyclic amines) is 1. The van der Waals surface area contributed by atoms with Crippen molar-refractivity contribution < 1.29 is 9.53 Å². The van der Waals surface area contributed by atoms with Gasteiger partial charge in [-0.3, -0.25) is 0 Å². The molecule has 1 fully saturated rings. The first-order chi connectivity index (χ1) is 8.31. The molecule has 0 spiro atoms. The van der Waals surface area contributed by atoms with Crippen molar-refractivity contribution in [1.29, 1.82) is 0 Å². The number of benzene rings is 1. The van der Waals surface area contributed by atoms with Gasteiger partial charge in [0.25, 0.3) is 0 Å². The second kappa shape index (κ2) is 5.53. The molecular weight excluding hydrogens is 214 g/mol. The highest BCUT2D eigenvalue weighted by Crippen LogP contribution is 2.19. The molecule has 0 radical (unpaired) electrons. The van der Waals surface area contributed by atoms with Gasteiger partial charge in [-0.2, -0.15) is 0 Å². The molecular formula is C14H17NO2. The Hall–Kier alpha value is -1.77. The van der Waals surface area contributed by atoms with Crippen LogP contribution < -0.4 is 0 Å². The average molecular weight is 231 g/mol. The summed E-state index contributed by atoms with van der Waals surface area (Å²) < 4.78 is 4.80. The molecule has 1 aromatic carbocycles. The summed E-state index contributed by atoms with van der Waals surface area (Å²) in [6, 6.07) is 9.97. The highest BCUT2D eigenvalue weighted by molar-refractivity contribution is 5.76. The lowest BCUT2D eigenvalue weighted by Gasteiger charge is -2.20. The quantitative estimate of drug-likeness (QED) is 0.747. The molecule has 3 nitrogen and oxygen atoms in total. The molecule has 1 heterocycles. The van der Waals surface area contributed by atoms with Gasteiger partial charge < -0.3 is 9.64 Å². The highest BCUT2D eigenvalue weighted by atomic mass is 16.5. The second-order valence-corrected chi connectivity index (χ2v) is 4.15. The first-order valence-corrected chi connectivity index (χ1v) is 5.88. The third kappa shape index (κ3) is 2.87. The summed E-state index contributed by atoms with van der Waals surface area (Å²) in [7, 11) is 1.44. The fourth-order valence-electron chi connectivity index (χ4n) is 2.10. The summed E-state index contributed by atoms with van der Waals surface area (Å²) in [4.78, 5) is 13.6. The van der Waals surface area contributed by atoms with Crippen LogP contribution in [-0.4, -0.2) is 30.6 Å². The summed E-state index contributed by atoms with van der Waals surface area (Å²) in [6.45, 7) is 0.920. The van der Waals surface area contributed by atoms with Gasteiger partial charge in [-0.25, -0.2) is 4.79 Å². The largest absolute Gasteiger partial charge is 0.467 e. The number of carbonyl (C=O) groups is 1. The summed E-state index contributed by atoms with van der Waals surface area (Å²) in [5.74, 6) is -0.139. The molecule has 0 amide bonds. The SMILES string of the molecule is COC(=O)C1CCCN1/C=C/c1ccccc1. The number of esters is 1. The predicted octanol–water partition coefficient (Wildman–Crippen LogP) is 2.29. The molecule has 1 aliphatic heterocycles. The molecule has 1 atom stereocenters. The van der Waals surface area contributed by atoms with Crippen LogP contribution in [0.15, 0.2) is 36.5 Å². The van der Waals surface area contributed by atoms with Crippen molar-refractivity contribution in [2.45, 2.75) is 18.9 Å². The van der Waals surface area contributed by atoms with E-state index in [1.165, 1.54) is 7.11 Å². The van der Waals surface area contributed by atoms with Gasteiger partial charge >= 0.3 is 5.97 Å². The van der Waals surface area contributed by atoms with Gasteiger partial charge in [0.2, 0.25) is 0 Å². The molecule has 0 bridgehead atoms. The smallest absolute Gasteiger partial charge is 0.328 e. The summed E-state index contributed by atoms with van der Waals surface area (Å²) in [5.41, 5.74) is 1.14. The number of hydrogen-bond acceptors (Lipinski definition) is 3. The normalized spacial score (nSPS) is 19.8. The van der Waals surface area contributed by atoms with E-state index in [-0.39, 0.29) is 12.0 Å². The minimum atomic E-state index is -0.139. The maximum Gasteiger partial charge on any atom is 0.328 e. The Balaban J connectivity index is 2.03. The molecule has 1 unspecified atom stereocenters. The molecule has 3 heteroatoms. The predicted molar refractivity (Wildman–Crippen MR) is 67.2 cm³/mol. The van der Waals surface area contributed by atoms with Gasteiger partial charge in [-0.1, -0.05) is 30.3 Å². The summed E-state index contributed by atoms with van der Waals surface area (Å²) in [6.07, 6.45) is 5.94. The molecule has 0 aliphatic carbocycles. The Morgan fingerprint density at radius 3 is 2.88 bits per heavy atom. The number of rotatable bonds is 3. The molecule has 1 aromatic rings. The van der Waals surface area contributed by atoms with Gasteiger partial charge in [-0.05, 0) is 24.5 Å².